The van der Waals surface area contributed by atoms with E-state index in [-0.39, 0.29) is 17.4 Å². The minimum atomic E-state index is -0.825. The molecule has 0 aromatic carbocycles. The average Bonchev–Trinajstić information content (AvgIpc) is 3.42. The molecule has 0 unspecified atom stereocenters. The van der Waals surface area contributed by atoms with E-state index < -0.39 is 30.6 Å². The molecule has 3 N–H and O–H groups in total. The number of ether oxygens (including phenoxy) is 1. The second kappa shape index (κ2) is 7.37. The number of hydrogen-bond acceptors (Lipinski definition) is 5. The van der Waals surface area contributed by atoms with Gasteiger partial charge in [0, 0.05) is 11.5 Å². The number of amides is 4. The molecule has 5 saturated carbocycles. The molecule has 154 valence electrons. The summed E-state index contributed by atoms with van der Waals surface area (Å²) in [6.45, 7) is 1.02. The number of esters is 1. The van der Waals surface area contributed by atoms with Gasteiger partial charge in [-0.15, -0.1) is 0 Å². The molecule has 4 bridgehead atoms. The average molecular weight is 391 g/mol. The van der Waals surface area contributed by atoms with Gasteiger partial charge in [0.25, 0.3) is 5.91 Å². The zero-order chi connectivity index (χ0) is 19.9. The first-order chi connectivity index (χ1) is 13.3. The number of carbonyl (C=O) groups excluding carboxylic acids is 4. The lowest BCUT2D eigenvalue weighted by atomic mass is 9.49. The molecule has 5 rings (SSSR count). The highest BCUT2D eigenvalue weighted by Crippen LogP contribution is 2.60. The van der Waals surface area contributed by atoms with Crippen LogP contribution in [0.5, 0.6) is 0 Å². The second-order valence-electron chi connectivity index (χ2n) is 9.30. The molecule has 0 spiro atoms. The van der Waals surface area contributed by atoms with Crippen LogP contribution in [0.25, 0.3) is 0 Å². The van der Waals surface area contributed by atoms with Gasteiger partial charge in [-0.25, -0.2) is 9.59 Å². The Kier molecular flexibility index (Phi) is 5.05. The van der Waals surface area contributed by atoms with Crippen LogP contribution < -0.4 is 16.0 Å². The van der Waals surface area contributed by atoms with Crippen molar-refractivity contribution in [2.45, 2.75) is 70.4 Å². The molecule has 5 aliphatic rings. The van der Waals surface area contributed by atoms with Crippen LogP contribution in [0.2, 0.25) is 0 Å². The normalized spacial score (nSPS) is 33.7. The Morgan fingerprint density at radius 3 is 2.11 bits per heavy atom. The molecular weight excluding hydrogens is 362 g/mol. The van der Waals surface area contributed by atoms with Crippen LogP contribution in [0, 0.1) is 23.2 Å². The Hall–Kier alpha value is -2.12. The molecule has 28 heavy (non-hydrogen) atoms. The first-order valence-electron chi connectivity index (χ1n) is 10.4. The molecule has 0 saturated heterocycles. The van der Waals surface area contributed by atoms with Crippen molar-refractivity contribution in [2.75, 3.05) is 6.61 Å². The van der Waals surface area contributed by atoms with Crippen molar-refractivity contribution in [2.24, 2.45) is 23.2 Å². The summed E-state index contributed by atoms with van der Waals surface area (Å²) in [5, 5.41) is 7.55. The van der Waals surface area contributed by atoms with Crippen LogP contribution in [-0.2, 0) is 19.1 Å². The molecule has 5 aliphatic carbocycles. The van der Waals surface area contributed by atoms with E-state index in [9.17, 15) is 19.2 Å². The third-order valence-corrected chi connectivity index (χ3v) is 6.73. The SMILES string of the molecule is C[C@H](NC(=O)C12CC3CC(CC(C3)C1)C2)C(=O)OCC(=O)NC(=O)NC1CC1. The van der Waals surface area contributed by atoms with Gasteiger partial charge in [-0.3, -0.25) is 14.9 Å². The van der Waals surface area contributed by atoms with E-state index in [0.717, 1.165) is 32.1 Å². The lowest BCUT2D eigenvalue weighted by molar-refractivity contribution is -0.155. The summed E-state index contributed by atoms with van der Waals surface area (Å²) < 4.78 is 4.96. The Labute approximate surface area is 164 Å². The van der Waals surface area contributed by atoms with Gasteiger partial charge >= 0.3 is 12.0 Å². The summed E-state index contributed by atoms with van der Waals surface area (Å²) in [7, 11) is 0. The third kappa shape index (κ3) is 4.15. The van der Waals surface area contributed by atoms with Crippen LogP contribution >= 0.6 is 0 Å². The maximum absolute atomic E-state index is 13.0. The molecule has 5 fully saturated rings. The van der Waals surface area contributed by atoms with Crippen molar-refractivity contribution < 1.29 is 23.9 Å². The summed E-state index contributed by atoms with van der Waals surface area (Å²) >= 11 is 0. The molecule has 0 aromatic heterocycles. The topological polar surface area (TPSA) is 114 Å². The highest BCUT2D eigenvalue weighted by molar-refractivity contribution is 5.96. The van der Waals surface area contributed by atoms with Crippen molar-refractivity contribution in [3.05, 3.63) is 0 Å². The number of rotatable bonds is 6. The van der Waals surface area contributed by atoms with Crippen LogP contribution in [0.1, 0.15) is 58.3 Å². The van der Waals surface area contributed by atoms with Crippen molar-refractivity contribution in [3.8, 4) is 0 Å². The minimum absolute atomic E-state index is 0.0516. The van der Waals surface area contributed by atoms with Crippen LogP contribution in [0.15, 0.2) is 0 Å². The first-order valence-corrected chi connectivity index (χ1v) is 10.4. The zero-order valence-corrected chi connectivity index (χ0v) is 16.3. The molecule has 0 aromatic rings. The van der Waals surface area contributed by atoms with Gasteiger partial charge < -0.3 is 15.4 Å². The van der Waals surface area contributed by atoms with E-state index in [1.54, 1.807) is 6.92 Å². The fraction of sp³-hybridized carbons (Fsp3) is 0.800. The standard InChI is InChI=1S/C20H29N3O5/c1-11(17(25)28-10-16(24)23-19(27)22-15-2-3-15)21-18(26)20-7-12-4-13(8-20)6-14(5-12)9-20/h11-15H,2-10H2,1H3,(H,21,26)(H2,22,23,24,27)/t11-,12?,13?,14?,20?/m0/s1. The Bertz CT molecular complexity index is 652. The molecule has 0 radical (unpaired) electrons. The number of nitrogens with one attached hydrogen (secondary N) is 3. The lowest BCUT2D eigenvalue weighted by Gasteiger charge is -2.55. The van der Waals surface area contributed by atoms with E-state index >= 15 is 0 Å². The molecule has 0 aliphatic heterocycles. The van der Waals surface area contributed by atoms with E-state index in [1.807, 2.05) is 0 Å². The number of imide groups is 1. The molecule has 4 amide bonds. The van der Waals surface area contributed by atoms with E-state index in [1.165, 1.54) is 19.3 Å². The Morgan fingerprint density at radius 1 is 1.00 bits per heavy atom. The van der Waals surface area contributed by atoms with Gasteiger partial charge in [-0.1, -0.05) is 0 Å². The monoisotopic (exact) mass is 391 g/mol. The highest BCUT2D eigenvalue weighted by Gasteiger charge is 2.54. The minimum Gasteiger partial charge on any atom is -0.454 e. The van der Waals surface area contributed by atoms with Gasteiger partial charge in [-0.2, -0.15) is 0 Å². The fourth-order valence-corrected chi connectivity index (χ4v) is 5.67. The van der Waals surface area contributed by atoms with Gasteiger partial charge in [0.2, 0.25) is 5.91 Å². The van der Waals surface area contributed by atoms with Crippen LogP contribution in [0.3, 0.4) is 0 Å². The second-order valence-corrected chi connectivity index (χ2v) is 9.30. The fourth-order valence-electron chi connectivity index (χ4n) is 5.67. The van der Waals surface area contributed by atoms with Crippen LogP contribution in [-0.4, -0.2) is 42.5 Å². The zero-order valence-electron chi connectivity index (χ0n) is 16.3. The summed E-state index contributed by atoms with van der Waals surface area (Å²) in [5.41, 5.74) is -0.332. The summed E-state index contributed by atoms with van der Waals surface area (Å²) in [6.07, 6.45) is 8.32. The predicted octanol–water partition coefficient (Wildman–Crippen LogP) is 1.24. The molecule has 1 atom stereocenters. The quantitative estimate of drug-likeness (QED) is 0.590. The molecular formula is C20H29N3O5. The van der Waals surface area contributed by atoms with Crippen LogP contribution in [0.4, 0.5) is 4.79 Å². The number of hydrogen-bond donors (Lipinski definition) is 3. The summed E-state index contributed by atoms with van der Waals surface area (Å²) in [6, 6.07) is -1.27. The number of carbonyl (C=O) groups is 4. The number of urea groups is 1. The Balaban J connectivity index is 1.22. The maximum Gasteiger partial charge on any atom is 0.328 e. The highest BCUT2D eigenvalue weighted by atomic mass is 16.5. The van der Waals surface area contributed by atoms with Crippen molar-refractivity contribution in [1.82, 2.24) is 16.0 Å². The predicted molar refractivity (Wildman–Crippen MR) is 98.9 cm³/mol. The molecule has 8 nitrogen and oxygen atoms in total. The smallest absolute Gasteiger partial charge is 0.328 e. The van der Waals surface area contributed by atoms with Gasteiger partial charge in [0.15, 0.2) is 6.61 Å². The van der Waals surface area contributed by atoms with Gasteiger partial charge in [0.1, 0.15) is 6.04 Å². The maximum atomic E-state index is 13.0. The van der Waals surface area contributed by atoms with Crippen molar-refractivity contribution in [3.63, 3.8) is 0 Å². The Morgan fingerprint density at radius 2 is 1.57 bits per heavy atom. The van der Waals surface area contributed by atoms with E-state index in [2.05, 4.69) is 16.0 Å². The summed E-state index contributed by atoms with van der Waals surface area (Å²) in [5.74, 6) is 0.519. The van der Waals surface area contributed by atoms with Gasteiger partial charge in [0.05, 0.1) is 0 Å². The summed E-state index contributed by atoms with van der Waals surface area (Å²) in [4.78, 5) is 48.3. The van der Waals surface area contributed by atoms with Crippen molar-refractivity contribution in [1.29, 1.82) is 0 Å². The first kappa shape index (κ1) is 19.2. The van der Waals surface area contributed by atoms with Gasteiger partial charge in [-0.05, 0) is 76.0 Å². The van der Waals surface area contributed by atoms with Crippen molar-refractivity contribution >= 4 is 23.8 Å². The van der Waals surface area contributed by atoms with E-state index in [0.29, 0.717) is 17.8 Å². The molecule has 0 heterocycles. The largest absolute Gasteiger partial charge is 0.454 e. The lowest BCUT2D eigenvalue weighted by Crippen LogP contribution is -2.56. The molecule has 8 heteroatoms. The third-order valence-electron chi connectivity index (χ3n) is 6.73. The van der Waals surface area contributed by atoms with E-state index in [4.69, 9.17) is 4.74 Å².